The molecule has 0 radical (unpaired) electrons. The number of hydrogen-bond donors (Lipinski definition) is 2. The van der Waals surface area contributed by atoms with Crippen LogP contribution in [-0.2, 0) is 4.74 Å². The molecular formula is C10H22N2O. The average Bonchev–Trinajstić information content (AvgIpc) is 2.04. The predicted octanol–water partition coefficient (Wildman–Crippen LogP) is 0.882. The zero-order valence-electron chi connectivity index (χ0n) is 8.81. The van der Waals surface area contributed by atoms with Crippen molar-refractivity contribution in [3.8, 4) is 0 Å². The molecule has 0 aromatic heterocycles. The molecule has 13 heavy (non-hydrogen) atoms. The van der Waals surface area contributed by atoms with Crippen molar-refractivity contribution in [1.29, 1.82) is 0 Å². The lowest BCUT2D eigenvalue weighted by Gasteiger charge is -2.25. The molecule has 1 aliphatic heterocycles. The second kappa shape index (κ2) is 4.94. The van der Waals surface area contributed by atoms with Crippen LogP contribution in [0.4, 0.5) is 0 Å². The first kappa shape index (κ1) is 11.0. The Hall–Kier alpha value is -0.120. The molecule has 0 amide bonds. The van der Waals surface area contributed by atoms with Crippen molar-refractivity contribution in [2.75, 3.05) is 19.7 Å². The third-order valence-electron chi connectivity index (χ3n) is 2.23. The van der Waals surface area contributed by atoms with Gasteiger partial charge in [0.1, 0.15) is 0 Å². The van der Waals surface area contributed by atoms with Crippen LogP contribution in [0.3, 0.4) is 0 Å². The fourth-order valence-corrected chi connectivity index (χ4v) is 1.52. The molecule has 1 atom stereocenters. The van der Waals surface area contributed by atoms with Gasteiger partial charge in [-0.2, -0.15) is 0 Å². The summed E-state index contributed by atoms with van der Waals surface area (Å²) in [6.07, 6.45) is 4.13. The van der Waals surface area contributed by atoms with Crippen molar-refractivity contribution in [3.63, 3.8) is 0 Å². The number of hydrogen-bond acceptors (Lipinski definition) is 3. The minimum absolute atomic E-state index is 0.116. The summed E-state index contributed by atoms with van der Waals surface area (Å²) in [6.45, 7) is 6.79. The number of ether oxygens (including phenoxy) is 1. The Morgan fingerprint density at radius 2 is 2.23 bits per heavy atom. The number of nitrogens with two attached hydrogens (primary N) is 1. The number of rotatable bonds is 4. The van der Waals surface area contributed by atoms with E-state index in [4.69, 9.17) is 10.5 Å². The van der Waals surface area contributed by atoms with Crippen LogP contribution in [0.1, 0.15) is 33.1 Å². The van der Waals surface area contributed by atoms with Crippen molar-refractivity contribution in [2.45, 2.75) is 44.8 Å². The Kier molecular flexibility index (Phi) is 4.16. The van der Waals surface area contributed by atoms with E-state index in [1.807, 2.05) is 13.8 Å². The van der Waals surface area contributed by atoms with Crippen molar-refractivity contribution in [3.05, 3.63) is 0 Å². The van der Waals surface area contributed by atoms with Gasteiger partial charge in [-0.15, -0.1) is 0 Å². The monoisotopic (exact) mass is 186 g/mol. The maximum Gasteiger partial charge on any atom is 0.0699 e. The molecule has 0 aromatic carbocycles. The third-order valence-corrected chi connectivity index (χ3v) is 2.23. The second-order valence-corrected chi connectivity index (χ2v) is 4.61. The Morgan fingerprint density at radius 3 is 2.77 bits per heavy atom. The van der Waals surface area contributed by atoms with Gasteiger partial charge in [0.25, 0.3) is 0 Å². The number of nitrogens with one attached hydrogen (secondary N) is 1. The van der Waals surface area contributed by atoms with Gasteiger partial charge in [-0.05, 0) is 33.1 Å². The molecule has 3 heteroatoms. The van der Waals surface area contributed by atoms with E-state index in [-0.39, 0.29) is 5.54 Å². The fourth-order valence-electron chi connectivity index (χ4n) is 1.52. The van der Waals surface area contributed by atoms with Crippen LogP contribution in [0, 0.1) is 0 Å². The van der Waals surface area contributed by atoms with Crippen LogP contribution < -0.4 is 11.1 Å². The van der Waals surface area contributed by atoms with E-state index in [0.717, 1.165) is 19.7 Å². The van der Waals surface area contributed by atoms with Crippen LogP contribution in [0.2, 0.25) is 0 Å². The summed E-state index contributed by atoms with van der Waals surface area (Å²) in [5.41, 5.74) is 5.73. The highest BCUT2D eigenvalue weighted by Gasteiger charge is 2.15. The van der Waals surface area contributed by atoms with Crippen molar-refractivity contribution in [1.82, 2.24) is 5.32 Å². The zero-order chi connectivity index (χ0) is 9.73. The Morgan fingerprint density at radius 1 is 1.46 bits per heavy atom. The van der Waals surface area contributed by atoms with E-state index in [1.54, 1.807) is 0 Å². The maximum absolute atomic E-state index is 5.85. The molecule has 3 N–H and O–H groups in total. The maximum atomic E-state index is 5.85. The van der Waals surface area contributed by atoms with Gasteiger partial charge >= 0.3 is 0 Å². The highest BCUT2D eigenvalue weighted by molar-refractivity contribution is 4.76. The largest absolute Gasteiger partial charge is 0.377 e. The highest BCUT2D eigenvalue weighted by atomic mass is 16.5. The van der Waals surface area contributed by atoms with Gasteiger partial charge < -0.3 is 15.8 Å². The van der Waals surface area contributed by atoms with E-state index < -0.39 is 0 Å². The molecule has 1 aliphatic rings. The minimum atomic E-state index is -0.116. The molecule has 0 saturated carbocycles. The Balaban J connectivity index is 2.04. The molecule has 1 saturated heterocycles. The van der Waals surface area contributed by atoms with Gasteiger partial charge in [0.15, 0.2) is 0 Å². The molecule has 1 unspecified atom stereocenters. The van der Waals surface area contributed by atoms with E-state index in [0.29, 0.717) is 6.10 Å². The summed E-state index contributed by atoms with van der Waals surface area (Å²) in [7, 11) is 0. The smallest absolute Gasteiger partial charge is 0.0699 e. The molecule has 78 valence electrons. The molecular weight excluding hydrogens is 164 g/mol. The first-order chi connectivity index (χ1) is 6.08. The van der Waals surface area contributed by atoms with Gasteiger partial charge in [0.2, 0.25) is 0 Å². The van der Waals surface area contributed by atoms with Crippen LogP contribution in [-0.4, -0.2) is 31.3 Å². The lowest BCUT2D eigenvalue weighted by Crippen LogP contribution is -2.45. The van der Waals surface area contributed by atoms with Gasteiger partial charge in [0, 0.05) is 25.2 Å². The Bertz CT molecular complexity index is 136. The normalized spacial score (nSPS) is 24.7. The molecule has 0 aromatic rings. The molecule has 1 fully saturated rings. The third kappa shape index (κ3) is 5.24. The summed E-state index contributed by atoms with van der Waals surface area (Å²) in [5.74, 6) is 0. The molecule has 0 aliphatic carbocycles. The first-order valence-corrected chi connectivity index (χ1v) is 5.19. The van der Waals surface area contributed by atoms with Crippen LogP contribution in [0.25, 0.3) is 0 Å². The SMILES string of the molecule is CC(C)(N)CNCC1CCCCO1. The summed E-state index contributed by atoms with van der Waals surface area (Å²) in [4.78, 5) is 0. The van der Waals surface area contributed by atoms with Crippen LogP contribution >= 0.6 is 0 Å². The minimum Gasteiger partial charge on any atom is -0.377 e. The van der Waals surface area contributed by atoms with E-state index in [1.165, 1.54) is 19.3 Å². The summed E-state index contributed by atoms with van der Waals surface area (Å²) in [6, 6.07) is 0. The van der Waals surface area contributed by atoms with Crippen LogP contribution in [0.5, 0.6) is 0 Å². The van der Waals surface area contributed by atoms with Crippen molar-refractivity contribution < 1.29 is 4.74 Å². The summed E-state index contributed by atoms with van der Waals surface area (Å²) < 4.78 is 5.59. The lowest BCUT2D eigenvalue weighted by molar-refractivity contribution is 0.0165. The van der Waals surface area contributed by atoms with Crippen molar-refractivity contribution >= 4 is 0 Å². The molecule has 0 bridgehead atoms. The van der Waals surface area contributed by atoms with E-state index in [2.05, 4.69) is 5.32 Å². The zero-order valence-corrected chi connectivity index (χ0v) is 8.81. The predicted molar refractivity (Wildman–Crippen MR) is 54.7 cm³/mol. The molecule has 3 nitrogen and oxygen atoms in total. The van der Waals surface area contributed by atoms with Gasteiger partial charge in [-0.1, -0.05) is 0 Å². The lowest BCUT2D eigenvalue weighted by atomic mass is 10.1. The first-order valence-electron chi connectivity index (χ1n) is 5.19. The molecule has 1 rings (SSSR count). The second-order valence-electron chi connectivity index (χ2n) is 4.61. The van der Waals surface area contributed by atoms with Gasteiger partial charge in [0.05, 0.1) is 6.10 Å². The quantitative estimate of drug-likeness (QED) is 0.685. The summed E-state index contributed by atoms with van der Waals surface area (Å²) in [5, 5.41) is 3.35. The van der Waals surface area contributed by atoms with Gasteiger partial charge in [-0.3, -0.25) is 0 Å². The fraction of sp³-hybridized carbons (Fsp3) is 1.00. The topological polar surface area (TPSA) is 47.3 Å². The van der Waals surface area contributed by atoms with Crippen molar-refractivity contribution in [2.24, 2.45) is 5.73 Å². The van der Waals surface area contributed by atoms with Crippen LogP contribution in [0.15, 0.2) is 0 Å². The van der Waals surface area contributed by atoms with E-state index >= 15 is 0 Å². The molecule has 1 heterocycles. The standard InChI is InChI=1S/C10H22N2O/c1-10(2,11)8-12-7-9-5-3-4-6-13-9/h9,12H,3-8,11H2,1-2H3. The molecule has 0 spiro atoms. The van der Waals surface area contributed by atoms with Gasteiger partial charge in [-0.25, -0.2) is 0 Å². The average molecular weight is 186 g/mol. The highest BCUT2D eigenvalue weighted by Crippen LogP contribution is 2.11. The Labute approximate surface area is 81.0 Å². The van der Waals surface area contributed by atoms with E-state index in [9.17, 15) is 0 Å². The summed E-state index contributed by atoms with van der Waals surface area (Å²) >= 11 is 0.